The third-order valence-electron chi connectivity index (χ3n) is 7.32. The van der Waals surface area contributed by atoms with Crippen LogP contribution in [0, 0.1) is 11.8 Å². The molecule has 4 aliphatic rings. The number of carbonyl (C=O) groups is 3. The fourth-order valence-electron chi connectivity index (χ4n) is 4.82. The summed E-state index contributed by atoms with van der Waals surface area (Å²) in [6.45, 7) is 15.2. The van der Waals surface area contributed by atoms with Crippen LogP contribution in [0.3, 0.4) is 0 Å². The van der Waals surface area contributed by atoms with Crippen molar-refractivity contribution >= 4 is 17.9 Å². The maximum atomic E-state index is 12.9. The lowest BCUT2D eigenvalue weighted by Gasteiger charge is -2.30. The van der Waals surface area contributed by atoms with E-state index in [4.69, 9.17) is 23.7 Å². The Morgan fingerprint density at radius 2 is 1.91 bits per heavy atom. The Labute approximate surface area is 194 Å². The maximum absolute atomic E-state index is 12.9. The average Bonchev–Trinajstić information content (AvgIpc) is 3.49. The number of carbonyl (C=O) groups excluding carboxylic acids is 3. The molecule has 3 heterocycles. The Morgan fingerprint density at radius 1 is 1.24 bits per heavy atom. The Morgan fingerprint density at radius 3 is 2.52 bits per heavy atom. The first-order valence-corrected chi connectivity index (χ1v) is 11.7. The molecule has 0 saturated carbocycles. The summed E-state index contributed by atoms with van der Waals surface area (Å²) in [5.41, 5.74) is -0.549. The summed E-state index contributed by atoms with van der Waals surface area (Å²) < 4.78 is 28.8. The number of hydrogen-bond donors (Lipinski definition) is 0. The number of esters is 3. The van der Waals surface area contributed by atoms with Crippen molar-refractivity contribution in [3.63, 3.8) is 0 Å². The van der Waals surface area contributed by atoms with E-state index in [2.05, 4.69) is 6.58 Å². The minimum absolute atomic E-state index is 0.173. The Bertz CT molecular complexity index is 906. The molecule has 1 aliphatic carbocycles. The van der Waals surface area contributed by atoms with E-state index in [-0.39, 0.29) is 29.7 Å². The number of epoxide rings is 2. The molecule has 0 aromatic heterocycles. The fraction of sp³-hybridized carbons (Fsp3) is 0.720. The molecule has 4 rings (SSSR count). The number of fused-ring (bicyclic) bond motifs is 2. The van der Waals surface area contributed by atoms with Crippen molar-refractivity contribution in [2.45, 2.75) is 103 Å². The van der Waals surface area contributed by atoms with E-state index in [9.17, 15) is 14.4 Å². The van der Waals surface area contributed by atoms with Gasteiger partial charge in [0.1, 0.15) is 18.3 Å². The van der Waals surface area contributed by atoms with Crippen molar-refractivity contribution in [3.8, 4) is 0 Å². The van der Waals surface area contributed by atoms with Gasteiger partial charge < -0.3 is 23.7 Å². The molecule has 33 heavy (non-hydrogen) atoms. The first-order valence-electron chi connectivity index (χ1n) is 11.7. The molecule has 3 saturated heterocycles. The van der Waals surface area contributed by atoms with Crippen LogP contribution in [-0.4, -0.2) is 59.6 Å². The minimum Gasteiger partial charge on any atom is -0.459 e. The third kappa shape index (κ3) is 4.60. The average molecular weight is 463 g/mol. The molecule has 0 amide bonds. The fourth-order valence-corrected chi connectivity index (χ4v) is 4.82. The SMILES string of the molecule is C=C1C(=O)O[C@@H]2/C=C(/C)[C@@H](OC(=O)CC(C)C)C[C@H]3O[C@]3(C)C[C@@H](OC(=O)[C@]3(C)O[C@H]3C)[C@@H]12. The van der Waals surface area contributed by atoms with Crippen LogP contribution in [0.15, 0.2) is 23.8 Å². The highest BCUT2D eigenvalue weighted by atomic mass is 16.7. The minimum atomic E-state index is -0.984. The molecule has 0 radical (unpaired) electrons. The van der Waals surface area contributed by atoms with Crippen LogP contribution in [0.2, 0.25) is 0 Å². The van der Waals surface area contributed by atoms with Crippen LogP contribution < -0.4 is 0 Å². The summed E-state index contributed by atoms with van der Waals surface area (Å²) in [4.78, 5) is 37.7. The van der Waals surface area contributed by atoms with Gasteiger partial charge in [0.05, 0.1) is 23.7 Å². The molecule has 8 nitrogen and oxygen atoms in total. The van der Waals surface area contributed by atoms with Gasteiger partial charge in [-0.05, 0) is 45.3 Å². The molecule has 3 aliphatic heterocycles. The van der Waals surface area contributed by atoms with Gasteiger partial charge >= 0.3 is 17.9 Å². The van der Waals surface area contributed by atoms with Gasteiger partial charge in [-0.3, -0.25) is 4.79 Å². The third-order valence-corrected chi connectivity index (χ3v) is 7.32. The van der Waals surface area contributed by atoms with E-state index < -0.39 is 47.4 Å². The van der Waals surface area contributed by atoms with Crippen LogP contribution in [0.4, 0.5) is 0 Å². The van der Waals surface area contributed by atoms with Crippen molar-refractivity contribution in [1.29, 1.82) is 0 Å². The molecule has 0 unspecified atom stereocenters. The molecule has 3 fully saturated rings. The Hall–Kier alpha value is -2.19. The molecule has 0 aromatic rings. The Balaban J connectivity index is 1.63. The summed E-state index contributed by atoms with van der Waals surface area (Å²) >= 11 is 0. The van der Waals surface area contributed by atoms with Gasteiger partial charge in [-0.1, -0.05) is 20.4 Å². The summed E-state index contributed by atoms with van der Waals surface area (Å²) in [5.74, 6) is -1.65. The van der Waals surface area contributed by atoms with Crippen LogP contribution >= 0.6 is 0 Å². The van der Waals surface area contributed by atoms with Crippen LogP contribution in [0.5, 0.6) is 0 Å². The summed E-state index contributed by atoms with van der Waals surface area (Å²) in [6.07, 6.45) is 0.710. The van der Waals surface area contributed by atoms with E-state index in [1.165, 1.54) is 0 Å². The van der Waals surface area contributed by atoms with Gasteiger partial charge in [-0.15, -0.1) is 0 Å². The zero-order valence-electron chi connectivity index (χ0n) is 20.2. The van der Waals surface area contributed by atoms with E-state index in [1.807, 2.05) is 34.6 Å². The first-order chi connectivity index (χ1) is 15.3. The second-order valence-corrected chi connectivity index (χ2v) is 10.6. The van der Waals surface area contributed by atoms with Gasteiger partial charge in [-0.2, -0.15) is 0 Å². The summed E-state index contributed by atoms with van der Waals surface area (Å²) in [5, 5.41) is 0. The van der Waals surface area contributed by atoms with Crippen molar-refractivity contribution in [2.24, 2.45) is 11.8 Å². The molecular formula is C25H34O8. The van der Waals surface area contributed by atoms with E-state index >= 15 is 0 Å². The molecule has 8 atom stereocenters. The molecule has 182 valence electrons. The lowest BCUT2D eigenvalue weighted by Crippen LogP contribution is -2.40. The summed E-state index contributed by atoms with van der Waals surface area (Å²) in [6, 6.07) is 0. The number of ether oxygens (including phenoxy) is 5. The van der Waals surface area contributed by atoms with Gasteiger partial charge in [0.25, 0.3) is 0 Å². The van der Waals surface area contributed by atoms with Crippen LogP contribution in [0.25, 0.3) is 0 Å². The first kappa shape index (κ1) is 24.0. The van der Waals surface area contributed by atoms with Crippen LogP contribution in [-0.2, 0) is 38.1 Å². The second-order valence-electron chi connectivity index (χ2n) is 10.6. The summed E-state index contributed by atoms with van der Waals surface area (Å²) in [7, 11) is 0. The molecular weight excluding hydrogens is 428 g/mol. The second kappa shape index (κ2) is 8.24. The quantitative estimate of drug-likeness (QED) is 0.202. The topological polar surface area (TPSA) is 104 Å². The molecule has 0 aromatic carbocycles. The van der Waals surface area contributed by atoms with Gasteiger partial charge in [0, 0.05) is 24.8 Å². The van der Waals surface area contributed by atoms with Crippen molar-refractivity contribution < 1.29 is 38.1 Å². The smallest absolute Gasteiger partial charge is 0.341 e. The lowest BCUT2D eigenvalue weighted by molar-refractivity contribution is -0.159. The monoisotopic (exact) mass is 462 g/mol. The highest BCUT2D eigenvalue weighted by molar-refractivity contribution is 5.91. The Kier molecular flexibility index (Phi) is 5.98. The van der Waals surface area contributed by atoms with Crippen molar-refractivity contribution in [1.82, 2.24) is 0 Å². The molecule has 0 bridgehead atoms. The van der Waals surface area contributed by atoms with Gasteiger partial charge in [-0.25, -0.2) is 9.59 Å². The maximum Gasteiger partial charge on any atom is 0.341 e. The largest absolute Gasteiger partial charge is 0.459 e. The van der Waals surface area contributed by atoms with Gasteiger partial charge in [0.2, 0.25) is 0 Å². The van der Waals surface area contributed by atoms with Crippen molar-refractivity contribution in [3.05, 3.63) is 23.8 Å². The number of rotatable bonds is 5. The standard InChI is InChI=1S/C25H34O8/c1-12(2)8-20(26)29-16-10-19-24(6,33-19)11-18(31-23(28)25(7)15(5)32-25)21-14(4)22(27)30-17(21)9-13(16)3/h9,12,15-19,21H,4,8,10-11H2,1-3,5-7H3/b13-9-/t15-,16-,17+,18+,19+,21-,24+,25+/m0/s1. The van der Waals surface area contributed by atoms with Crippen molar-refractivity contribution in [2.75, 3.05) is 0 Å². The highest BCUT2D eigenvalue weighted by Crippen LogP contribution is 2.49. The lowest BCUT2D eigenvalue weighted by atomic mass is 9.82. The van der Waals surface area contributed by atoms with Crippen LogP contribution in [0.1, 0.15) is 60.8 Å². The molecule has 0 N–H and O–H groups in total. The van der Waals surface area contributed by atoms with E-state index in [0.717, 1.165) is 5.57 Å². The zero-order chi connectivity index (χ0) is 24.3. The number of hydrogen-bond acceptors (Lipinski definition) is 8. The van der Waals surface area contributed by atoms with E-state index in [0.29, 0.717) is 19.3 Å². The van der Waals surface area contributed by atoms with Gasteiger partial charge in [0.15, 0.2) is 5.60 Å². The zero-order valence-corrected chi connectivity index (χ0v) is 20.2. The predicted octanol–water partition coefficient (Wildman–Crippen LogP) is 3.03. The predicted molar refractivity (Wildman–Crippen MR) is 117 cm³/mol. The molecule has 0 spiro atoms. The molecule has 8 heteroatoms. The highest BCUT2D eigenvalue weighted by Gasteiger charge is 2.61. The van der Waals surface area contributed by atoms with E-state index in [1.54, 1.807) is 13.0 Å². The normalized spacial score (nSPS) is 43.5.